The smallest absolute Gasteiger partial charge is 0.309 e. The first-order chi connectivity index (χ1) is 6.77. The van der Waals surface area contributed by atoms with Crippen molar-refractivity contribution in [1.29, 1.82) is 0 Å². The molecule has 1 fully saturated rings. The standard InChI is InChI=1S/C10H14N2O2/c13-10(14)5-9-8(6-11-12-9)7-3-1-2-4-7/h6-7H,1-5H2,(H,11,12)(H,13,14). The summed E-state index contributed by atoms with van der Waals surface area (Å²) in [5.74, 6) is -0.267. The molecule has 1 aromatic rings. The molecule has 1 aliphatic rings. The fourth-order valence-electron chi connectivity index (χ4n) is 2.20. The van der Waals surface area contributed by atoms with Crippen LogP contribution in [0.15, 0.2) is 6.20 Å². The van der Waals surface area contributed by atoms with Gasteiger partial charge in [-0.15, -0.1) is 0 Å². The molecule has 76 valence electrons. The van der Waals surface area contributed by atoms with Gasteiger partial charge in [-0.25, -0.2) is 0 Å². The molecule has 1 saturated carbocycles. The fourth-order valence-corrected chi connectivity index (χ4v) is 2.20. The molecule has 0 unspecified atom stereocenters. The van der Waals surface area contributed by atoms with Gasteiger partial charge in [0.1, 0.15) is 0 Å². The summed E-state index contributed by atoms with van der Waals surface area (Å²) in [6, 6.07) is 0. The van der Waals surface area contributed by atoms with Crippen molar-refractivity contribution in [2.24, 2.45) is 0 Å². The van der Waals surface area contributed by atoms with Crippen LogP contribution in [-0.4, -0.2) is 21.3 Å². The topological polar surface area (TPSA) is 66.0 Å². The zero-order valence-corrected chi connectivity index (χ0v) is 7.99. The highest BCUT2D eigenvalue weighted by Gasteiger charge is 2.21. The van der Waals surface area contributed by atoms with Crippen molar-refractivity contribution >= 4 is 5.97 Å². The third kappa shape index (κ3) is 1.78. The number of nitrogens with zero attached hydrogens (tertiary/aromatic N) is 1. The summed E-state index contributed by atoms with van der Waals surface area (Å²) in [6.45, 7) is 0. The number of nitrogens with one attached hydrogen (secondary N) is 1. The van der Waals surface area contributed by atoms with E-state index in [0.717, 1.165) is 11.3 Å². The molecule has 0 atom stereocenters. The Labute approximate surface area is 82.3 Å². The largest absolute Gasteiger partial charge is 0.481 e. The van der Waals surface area contributed by atoms with E-state index >= 15 is 0 Å². The third-order valence-electron chi connectivity index (χ3n) is 2.87. The van der Waals surface area contributed by atoms with Gasteiger partial charge in [-0.05, 0) is 24.3 Å². The first-order valence-electron chi connectivity index (χ1n) is 5.01. The summed E-state index contributed by atoms with van der Waals surface area (Å²) in [7, 11) is 0. The summed E-state index contributed by atoms with van der Waals surface area (Å²) in [5.41, 5.74) is 1.90. The molecule has 0 amide bonds. The number of rotatable bonds is 3. The van der Waals surface area contributed by atoms with Crippen LogP contribution in [-0.2, 0) is 11.2 Å². The lowest BCUT2D eigenvalue weighted by atomic mass is 9.97. The molecule has 1 aliphatic carbocycles. The van der Waals surface area contributed by atoms with Crippen molar-refractivity contribution in [2.75, 3.05) is 0 Å². The van der Waals surface area contributed by atoms with Crippen molar-refractivity contribution in [3.8, 4) is 0 Å². The lowest BCUT2D eigenvalue weighted by Gasteiger charge is -2.07. The van der Waals surface area contributed by atoms with Crippen molar-refractivity contribution < 1.29 is 9.90 Å². The first-order valence-corrected chi connectivity index (χ1v) is 5.01. The van der Waals surface area contributed by atoms with E-state index in [0.29, 0.717) is 5.92 Å². The van der Waals surface area contributed by atoms with Gasteiger partial charge in [0.15, 0.2) is 0 Å². The molecule has 4 nitrogen and oxygen atoms in total. The van der Waals surface area contributed by atoms with E-state index in [9.17, 15) is 4.79 Å². The van der Waals surface area contributed by atoms with Gasteiger partial charge in [-0.3, -0.25) is 9.89 Å². The molecule has 1 heterocycles. The van der Waals surface area contributed by atoms with E-state index in [-0.39, 0.29) is 6.42 Å². The molecule has 0 spiro atoms. The highest BCUT2D eigenvalue weighted by atomic mass is 16.4. The van der Waals surface area contributed by atoms with Gasteiger partial charge in [-0.1, -0.05) is 12.8 Å². The normalized spacial score (nSPS) is 17.4. The Kier molecular flexibility index (Phi) is 2.52. The average Bonchev–Trinajstić information content (AvgIpc) is 2.70. The van der Waals surface area contributed by atoms with Crippen molar-refractivity contribution in [2.45, 2.75) is 38.0 Å². The van der Waals surface area contributed by atoms with Crippen LogP contribution < -0.4 is 0 Å². The van der Waals surface area contributed by atoms with Crippen molar-refractivity contribution in [1.82, 2.24) is 10.2 Å². The highest BCUT2D eigenvalue weighted by molar-refractivity contribution is 5.70. The minimum Gasteiger partial charge on any atom is -0.481 e. The van der Waals surface area contributed by atoms with Gasteiger partial charge in [-0.2, -0.15) is 5.10 Å². The second-order valence-electron chi connectivity index (χ2n) is 3.86. The Morgan fingerprint density at radius 3 is 2.93 bits per heavy atom. The summed E-state index contributed by atoms with van der Waals surface area (Å²) in [5, 5.41) is 15.4. The van der Waals surface area contributed by atoms with Crippen molar-refractivity contribution in [3.63, 3.8) is 0 Å². The monoisotopic (exact) mass is 194 g/mol. The van der Waals surface area contributed by atoms with E-state index in [1.165, 1.54) is 25.7 Å². The molecule has 0 saturated heterocycles. The number of carboxylic acids is 1. The van der Waals surface area contributed by atoms with Crippen LogP contribution in [0.4, 0.5) is 0 Å². The molecule has 4 heteroatoms. The Hall–Kier alpha value is -1.32. The van der Waals surface area contributed by atoms with Gasteiger partial charge in [0.2, 0.25) is 0 Å². The molecule has 0 aromatic carbocycles. The van der Waals surface area contributed by atoms with Crippen LogP contribution in [0.1, 0.15) is 42.9 Å². The van der Waals surface area contributed by atoms with E-state index in [1.54, 1.807) is 6.20 Å². The number of aromatic amines is 1. The van der Waals surface area contributed by atoms with Crippen LogP contribution in [0.5, 0.6) is 0 Å². The van der Waals surface area contributed by atoms with Gasteiger partial charge < -0.3 is 5.11 Å². The zero-order chi connectivity index (χ0) is 9.97. The Morgan fingerprint density at radius 1 is 1.57 bits per heavy atom. The maximum atomic E-state index is 10.6. The number of aliphatic carboxylic acids is 1. The van der Waals surface area contributed by atoms with E-state index in [4.69, 9.17) is 5.11 Å². The number of H-pyrrole nitrogens is 1. The lowest BCUT2D eigenvalue weighted by Crippen LogP contribution is -2.04. The zero-order valence-electron chi connectivity index (χ0n) is 7.99. The average molecular weight is 194 g/mol. The van der Waals surface area contributed by atoms with E-state index < -0.39 is 5.97 Å². The number of hydrogen-bond acceptors (Lipinski definition) is 2. The third-order valence-corrected chi connectivity index (χ3v) is 2.87. The maximum Gasteiger partial charge on any atom is 0.309 e. The van der Waals surface area contributed by atoms with Crippen molar-refractivity contribution in [3.05, 3.63) is 17.5 Å². The molecule has 2 rings (SSSR count). The summed E-state index contributed by atoms with van der Waals surface area (Å²) < 4.78 is 0. The molecule has 0 radical (unpaired) electrons. The van der Waals surface area contributed by atoms with Crippen LogP contribution in [0.2, 0.25) is 0 Å². The van der Waals surface area contributed by atoms with Crippen LogP contribution in [0, 0.1) is 0 Å². The second-order valence-corrected chi connectivity index (χ2v) is 3.86. The molecule has 14 heavy (non-hydrogen) atoms. The Morgan fingerprint density at radius 2 is 2.29 bits per heavy atom. The molecular weight excluding hydrogens is 180 g/mol. The Balaban J connectivity index is 2.15. The van der Waals surface area contributed by atoms with E-state index in [1.807, 2.05) is 0 Å². The molecule has 0 bridgehead atoms. The van der Waals surface area contributed by atoms with Crippen LogP contribution in [0.25, 0.3) is 0 Å². The van der Waals surface area contributed by atoms with E-state index in [2.05, 4.69) is 10.2 Å². The predicted molar refractivity (Wildman–Crippen MR) is 51.1 cm³/mol. The maximum absolute atomic E-state index is 10.6. The SMILES string of the molecule is O=C(O)Cc1[nH]ncc1C1CCCC1. The predicted octanol–water partition coefficient (Wildman–Crippen LogP) is 1.69. The summed E-state index contributed by atoms with van der Waals surface area (Å²) >= 11 is 0. The van der Waals surface area contributed by atoms with Gasteiger partial charge >= 0.3 is 5.97 Å². The highest BCUT2D eigenvalue weighted by Crippen LogP contribution is 2.35. The summed E-state index contributed by atoms with van der Waals surface area (Å²) in [6.07, 6.45) is 6.70. The first kappa shape index (κ1) is 9.24. The number of carbonyl (C=O) groups is 1. The molecule has 0 aliphatic heterocycles. The quantitative estimate of drug-likeness (QED) is 0.769. The van der Waals surface area contributed by atoms with Gasteiger partial charge in [0, 0.05) is 5.69 Å². The summed E-state index contributed by atoms with van der Waals surface area (Å²) in [4.78, 5) is 10.6. The van der Waals surface area contributed by atoms with Gasteiger partial charge in [0.25, 0.3) is 0 Å². The second kappa shape index (κ2) is 3.82. The molecule has 1 aromatic heterocycles. The fraction of sp³-hybridized carbons (Fsp3) is 0.600. The minimum absolute atomic E-state index is 0.0613. The van der Waals surface area contributed by atoms with Crippen LogP contribution >= 0.6 is 0 Å². The lowest BCUT2D eigenvalue weighted by molar-refractivity contribution is -0.136. The number of hydrogen-bond donors (Lipinski definition) is 2. The molecular formula is C10H14N2O2. The number of aromatic nitrogens is 2. The van der Waals surface area contributed by atoms with Gasteiger partial charge in [0.05, 0.1) is 12.6 Å². The number of carboxylic acid groups (broad SMARTS) is 1. The van der Waals surface area contributed by atoms with Crippen LogP contribution in [0.3, 0.4) is 0 Å². The Bertz CT molecular complexity index is 327. The molecule has 2 N–H and O–H groups in total. The minimum atomic E-state index is -0.798.